The molecule has 2 aromatic carbocycles. The van der Waals surface area contributed by atoms with Crippen molar-refractivity contribution in [2.24, 2.45) is 5.92 Å². The summed E-state index contributed by atoms with van der Waals surface area (Å²) in [7, 11) is 0. The number of hydrogen-bond donors (Lipinski definition) is 1. The molecule has 4 rings (SSSR count). The zero-order valence-corrected chi connectivity index (χ0v) is 16.4. The number of nitrogens with one attached hydrogen (secondary N) is 1. The molecule has 8 heteroatoms. The smallest absolute Gasteiger partial charge is 0.246 e. The van der Waals surface area contributed by atoms with Crippen LogP contribution in [0, 0.1) is 5.92 Å². The molecule has 1 aliphatic heterocycles. The summed E-state index contributed by atoms with van der Waals surface area (Å²) >= 11 is 0. The first-order chi connectivity index (χ1) is 14.7. The van der Waals surface area contributed by atoms with E-state index >= 15 is 0 Å². The summed E-state index contributed by atoms with van der Waals surface area (Å²) in [6.07, 6.45) is 6.23. The highest BCUT2D eigenvalue weighted by molar-refractivity contribution is 5.94. The molecular formula is C22H22N6O2. The van der Waals surface area contributed by atoms with Gasteiger partial charge in [-0.25, -0.2) is 4.68 Å². The van der Waals surface area contributed by atoms with Crippen LogP contribution in [0.1, 0.15) is 18.4 Å². The summed E-state index contributed by atoms with van der Waals surface area (Å²) in [5.41, 5.74) is 2.53. The lowest BCUT2D eigenvalue weighted by Crippen LogP contribution is -2.40. The van der Waals surface area contributed by atoms with Crippen molar-refractivity contribution in [3.63, 3.8) is 0 Å². The van der Waals surface area contributed by atoms with Gasteiger partial charge in [0.25, 0.3) is 0 Å². The Balaban J connectivity index is 1.27. The minimum atomic E-state index is -0.105. The zero-order valence-electron chi connectivity index (χ0n) is 16.4. The molecule has 1 aromatic heterocycles. The van der Waals surface area contributed by atoms with E-state index in [9.17, 15) is 9.59 Å². The van der Waals surface area contributed by atoms with Crippen LogP contribution in [0.5, 0.6) is 0 Å². The molecule has 1 aliphatic rings. The number of likely N-dealkylation sites (tertiary alicyclic amines) is 1. The number of rotatable bonds is 5. The molecule has 1 N–H and O–H groups in total. The summed E-state index contributed by atoms with van der Waals surface area (Å²) in [6, 6.07) is 17.0. The van der Waals surface area contributed by atoms with Crippen molar-refractivity contribution in [1.82, 2.24) is 25.1 Å². The van der Waals surface area contributed by atoms with Gasteiger partial charge in [-0.3, -0.25) is 9.59 Å². The maximum absolute atomic E-state index is 12.6. The van der Waals surface area contributed by atoms with Gasteiger partial charge < -0.3 is 10.2 Å². The highest BCUT2D eigenvalue weighted by atomic mass is 16.2. The number of piperidine rings is 1. The molecule has 2 amide bonds. The SMILES string of the molecule is O=C(Nc1ccc(-n2cnnn2)cc1)C1CCN(C(=O)C=Cc2ccccc2)CC1. The lowest BCUT2D eigenvalue weighted by molar-refractivity contribution is -0.130. The van der Waals surface area contributed by atoms with Crippen molar-refractivity contribution >= 4 is 23.6 Å². The second-order valence-corrected chi connectivity index (χ2v) is 7.13. The van der Waals surface area contributed by atoms with Crippen LogP contribution in [0.25, 0.3) is 11.8 Å². The van der Waals surface area contributed by atoms with Crippen LogP contribution in [-0.4, -0.2) is 50.0 Å². The van der Waals surface area contributed by atoms with E-state index in [-0.39, 0.29) is 17.7 Å². The number of carbonyl (C=O) groups is 2. The number of nitrogens with zero attached hydrogens (tertiary/aromatic N) is 5. The number of aromatic nitrogens is 4. The second kappa shape index (κ2) is 9.13. The van der Waals surface area contributed by atoms with Gasteiger partial charge in [0.15, 0.2) is 0 Å². The van der Waals surface area contributed by atoms with Gasteiger partial charge in [0, 0.05) is 30.8 Å². The van der Waals surface area contributed by atoms with E-state index in [2.05, 4.69) is 20.8 Å². The Hall–Kier alpha value is -3.81. The van der Waals surface area contributed by atoms with E-state index in [1.807, 2.05) is 60.7 Å². The molecule has 30 heavy (non-hydrogen) atoms. The van der Waals surface area contributed by atoms with E-state index in [1.54, 1.807) is 15.7 Å². The van der Waals surface area contributed by atoms with Gasteiger partial charge in [0.05, 0.1) is 5.69 Å². The molecule has 0 aliphatic carbocycles. The number of hydrogen-bond acceptors (Lipinski definition) is 5. The highest BCUT2D eigenvalue weighted by Crippen LogP contribution is 2.20. The summed E-state index contributed by atoms with van der Waals surface area (Å²) in [5, 5.41) is 14.0. The van der Waals surface area contributed by atoms with Crippen LogP contribution in [-0.2, 0) is 9.59 Å². The summed E-state index contributed by atoms with van der Waals surface area (Å²) in [4.78, 5) is 26.8. The maximum Gasteiger partial charge on any atom is 0.246 e. The maximum atomic E-state index is 12.6. The van der Waals surface area contributed by atoms with E-state index in [1.165, 1.54) is 6.33 Å². The van der Waals surface area contributed by atoms with Gasteiger partial charge in [-0.1, -0.05) is 30.3 Å². The van der Waals surface area contributed by atoms with Crippen LogP contribution in [0.3, 0.4) is 0 Å². The highest BCUT2D eigenvalue weighted by Gasteiger charge is 2.26. The molecule has 0 saturated carbocycles. The molecule has 2 heterocycles. The molecule has 0 atom stereocenters. The van der Waals surface area contributed by atoms with Crippen molar-refractivity contribution in [2.45, 2.75) is 12.8 Å². The van der Waals surface area contributed by atoms with Gasteiger partial charge in [-0.2, -0.15) is 0 Å². The largest absolute Gasteiger partial charge is 0.339 e. The van der Waals surface area contributed by atoms with Gasteiger partial charge in [-0.15, -0.1) is 5.10 Å². The molecule has 0 radical (unpaired) electrons. The Morgan fingerprint density at radius 3 is 2.40 bits per heavy atom. The monoisotopic (exact) mass is 402 g/mol. The molecule has 0 bridgehead atoms. The molecule has 152 valence electrons. The van der Waals surface area contributed by atoms with Crippen molar-refractivity contribution in [3.05, 3.63) is 72.6 Å². The third kappa shape index (κ3) is 4.78. The Kier molecular flexibility index (Phi) is 5.93. The van der Waals surface area contributed by atoms with Gasteiger partial charge in [0.1, 0.15) is 6.33 Å². The first-order valence-corrected chi connectivity index (χ1v) is 9.85. The molecule has 3 aromatic rings. The fourth-order valence-electron chi connectivity index (χ4n) is 3.42. The minimum absolute atomic E-state index is 0.0166. The Morgan fingerprint density at radius 1 is 1.00 bits per heavy atom. The van der Waals surface area contributed by atoms with Crippen LogP contribution >= 0.6 is 0 Å². The average molecular weight is 402 g/mol. The van der Waals surface area contributed by atoms with Crippen molar-refractivity contribution < 1.29 is 9.59 Å². The topological polar surface area (TPSA) is 93.0 Å². The molecule has 1 saturated heterocycles. The predicted molar refractivity (Wildman–Crippen MR) is 113 cm³/mol. The molecular weight excluding hydrogens is 380 g/mol. The number of carbonyl (C=O) groups excluding carboxylic acids is 2. The molecule has 0 unspecified atom stereocenters. The van der Waals surface area contributed by atoms with Crippen LogP contribution < -0.4 is 5.32 Å². The number of benzene rings is 2. The van der Waals surface area contributed by atoms with Crippen molar-refractivity contribution in [3.8, 4) is 5.69 Å². The van der Waals surface area contributed by atoms with Crippen molar-refractivity contribution in [1.29, 1.82) is 0 Å². The standard InChI is InChI=1S/C22H22N6O2/c29-21(11-6-17-4-2-1-3-5-17)27-14-12-18(13-15-27)22(30)24-19-7-9-20(10-8-19)28-16-23-25-26-28/h1-11,16,18H,12-15H2,(H,24,30). The third-order valence-corrected chi connectivity index (χ3v) is 5.14. The fourth-order valence-corrected chi connectivity index (χ4v) is 3.42. The lowest BCUT2D eigenvalue weighted by Gasteiger charge is -2.30. The van der Waals surface area contributed by atoms with Gasteiger partial charge >= 0.3 is 0 Å². The Bertz CT molecular complexity index is 1010. The summed E-state index contributed by atoms with van der Waals surface area (Å²) in [6.45, 7) is 1.16. The first kappa shape index (κ1) is 19.5. The number of tetrazole rings is 1. The van der Waals surface area contributed by atoms with Crippen LogP contribution in [0.2, 0.25) is 0 Å². The summed E-state index contributed by atoms with van der Waals surface area (Å²) < 4.78 is 1.55. The predicted octanol–water partition coefficient (Wildman–Crippen LogP) is 2.55. The number of anilines is 1. The fraction of sp³-hybridized carbons (Fsp3) is 0.227. The van der Waals surface area contributed by atoms with E-state index in [4.69, 9.17) is 0 Å². The van der Waals surface area contributed by atoms with Gasteiger partial charge in [-0.05, 0) is 59.2 Å². The van der Waals surface area contributed by atoms with E-state index in [0.717, 1.165) is 16.9 Å². The quantitative estimate of drug-likeness (QED) is 0.662. The summed E-state index contributed by atoms with van der Waals surface area (Å²) in [5.74, 6) is -0.139. The minimum Gasteiger partial charge on any atom is -0.339 e. The first-order valence-electron chi connectivity index (χ1n) is 9.85. The van der Waals surface area contributed by atoms with Gasteiger partial charge in [0.2, 0.25) is 11.8 Å². The molecule has 8 nitrogen and oxygen atoms in total. The molecule has 1 fully saturated rings. The Morgan fingerprint density at radius 2 is 1.73 bits per heavy atom. The van der Waals surface area contributed by atoms with Crippen LogP contribution in [0.15, 0.2) is 67.0 Å². The zero-order chi connectivity index (χ0) is 20.8. The average Bonchev–Trinajstić information content (AvgIpc) is 3.34. The molecule has 0 spiro atoms. The van der Waals surface area contributed by atoms with E-state index < -0.39 is 0 Å². The normalized spacial score (nSPS) is 14.7. The van der Waals surface area contributed by atoms with Crippen molar-refractivity contribution in [2.75, 3.05) is 18.4 Å². The second-order valence-electron chi connectivity index (χ2n) is 7.13. The lowest BCUT2D eigenvalue weighted by atomic mass is 9.95. The third-order valence-electron chi connectivity index (χ3n) is 5.14. The Labute approximate surface area is 174 Å². The number of amides is 2. The van der Waals surface area contributed by atoms with E-state index in [0.29, 0.717) is 25.9 Å². The van der Waals surface area contributed by atoms with Crippen LogP contribution in [0.4, 0.5) is 5.69 Å².